The number of nitrogens with one attached hydrogen (secondary N) is 1. The molecule has 0 bridgehead atoms. The van der Waals surface area contributed by atoms with Gasteiger partial charge in [0.2, 0.25) is 10.0 Å². The van der Waals surface area contributed by atoms with Gasteiger partial charge in [-0.25, -0.2) is 26.0 Å². The molecule has 1 heterocycles. The number of carbonyl (C=O) groups is 2. The molecule has 184 valence electrons. The minimum Gasteiger partial charge on any atom is -0.462 e. The first-order valence-electron chi connectivity index (χ1n) is 10.4. The van der Waals surface area contributed by atoms with Crippen LogP contribution in [0.1, 0.15) is 37.0 Å². The quantitative estimate of drug-likeness (QED) is 0.368. The third-order valence-corrected chi connectivity index (χ3v) is 7.12. The molecule has 0 spiro atoms. The van der Waals surface area contributed by atoms with Gasteiger partial charge in [0, 0.05) is 36.5 Å². The maximum atomic E-state index is 14.5. The molecule has 2 aromatic carbocycles. The third-order valence-electron chi connectivity index (χ3n) is 5.21. The van der Waals surface area contributed by atoms with Crippen molar-refractivity contribution in [2.75, 3.05) is 18.4 Å². The number of hydrogen-bond donors (Lipinski definition) is 1. The minimum absolute atomic E-state index is 0.0254. The zero-order chi connectivity index (χ0) is 25.2. The summed E-state index contributed by atoms with van der Waals surface area (Å²) in [5, 5.41) is 2.11. The summed E-state index contributed by atoms with van der Waals surface area (Å²) in [6.45, 7) is 3.30. The Hall–Kier alpha value is -2.99. The van der Waals surface area contributed by atoms with E-state index in [9.17, 15) is 35.6 Å². The number of hydrogen-bond acceptors (Lipinski definition) is 5. The fraction of sp³-hybridized carbons (Fsp3) is 0.364. The number of ether oxygens (including phenoxy) is 1. The number of sulfonamides is 1. The molecule has 0 aromatic heterocycles. The van der Waals surface area contributed by atoms with Crippen LogP contribution in [0.25, 0.3) is 0 Å². The molecule has 0 saturated carbocycles. The molecule has 7 nitrogen and oxygen atoms in total. The lowest BCUT2D eigenvalue weighted by Gasteiger charge is -2.31. The molecule has 1 aliphatic rings. The lowest BCUT2D eigenvalue weighted by atomic mass is 10.1. The van der Waals surface area contributed by atoms with Gasteiger partial charge in [0.1, 0.15) is 16.8 Å². The average Bonchev–Trinajstić information content (AvgIpc) is 2.77. The van der Waals surface area contributed by atoms with Crippen LogP contribution in [-0.2, 0) is 19.6 Å². The monoisotopic (exact) mass is 502 g/mol. The van der Waals surface area contributed by atoms with Crippen molar-refractivity contribution in [3.8, 4) is 0 Å². The van der Waals surface area contributed by atoms with Crippen LogP contribution < -0.4 is 5.32 Å². The minimum atomic E-state index is -4.34. The summed E-state index contributed by atoms with van der Waals surface area (Å²) in [6.07, 6.45) is -0.0117. The van der Waals surface area contributed by atoms with Crippen molar-refractivity contribution in [1.29, 1.82) is 0 Å². The molecule has 1 N–H and O–H groups in total. The van der Waals surface area contributed by atoms with Crippen molar-refractivity contribution in [2.45, 2.75) is 37.7 Å². The Labute approximate surface area is 193 Å². The first kappa shape index (κ1) is 25.6. The van der Waals surface area contributed by atoms with E-state index in [2.05, 4.69) is 5.32 Å². The average molecular weight is 502 g/mol. The SMILES string of the molecule is CC(C)C(=O)OC1CCN(S(=O)(=O)c2cc(C(=O)Nc3cc(F)c(F)c(F)c3)ccc2F)CC1. The van der Waals surface area contributed by atoms with Crippen LogP contribution >= 0.6 is 0 Å². The highest BCUT2D eigenvalue weighted by molar-refractivity contribution is 7.89. The molecular formula is C22H22F4N2O5S. The van der Waals surface area contributed by atoms with Crippen LogP contribution in [0, 0.1) is 29.2 Å². The Balaban J connectivity index is 1.76. The van der Waals surface area contributed by atoms with Crippen molar-refractivity contribution in [2.24, 2.45) is 5.92 Å². The highest BCUT2D eigenvalue weighted by Gasteiger charge is 2.33. The molecule has 1 fully saturated rings. The van der Waals surface area contributed by atoms with Crippen LogP contribution in [0.2, 0.25) is 0 Å². The molecule has 2 aromatic rings. The van der Waals surface area contributed by atoms with E-state index in [1.165, 1.54) is 0 Å². The first-order valence-corrected chi connectivity index (χ1v) is 11.8. The van der Waals surface area contributed by atoms with Gasteiger partial charge < -0.3 is 10.1 Å². The Morgan fingerprint density at radius 3 is 2.15 bits per heavy atom. The number of benzene rings is 2. The predicted octanol–water partition coefficient (Wildman–Crippen LogP) is 3.85. The Morgan fingerprint density at radius 1 is 1.00 bits per heavy atom. The van der Waals surface area contributed by atoms with Gasteiger partial charge in [-0.2, -0.15) is 4.31 Å². The fourth-order valence-corrected chi connectivity index (χ4v) is 4.86. The summed E-state index contributed by atoms with van der Waals surface area (Å²) in [5.74, 6) is -7.57. The predicted molar refractivity (Wildman–Crippen MR) is 113 cm³/mol. The molecule has 0 atom stereocenters. The van der Waals surface area contributed by atoms with Crippen LogP contribution in [-0.4, -0.2) is 43.8 Å². The van der Waals surface area contributed by atoms with E-state index < -0.39 is 61.9 Å². The summed E-state index contributed by atoms with van der Waals surface area (Å²) in [7, 11) is -4.34. The normalized spacial score (nSPS) is 15.4. The molecule has 3 rings (SSSR count). The lowest BCUT2D eigenvalue weighted by Crippen LogP contribution is -2.42. The maximum absolute atomic E-state index is 14.5. The van der Waals surface area contributed by atoms with Gasteiger partial charge in [0.15, 0.2) is 17.5 Å². The van der Waals surface area contributed by atoms with E-state index in [-0.39, 0.29) is 37.4 Å². The lowest BCUT2D eigenvalue weighted by molar-refractivity contribution is -0.154. The topological polar surface area (TPSA) is 92.8 Å². The molecule has 0 aliphatic carbocycles. The largest absolute Gasteiger partial charge is 0.462 e. The van der Waals surface area contributed by atoms with Crippen molar-refractivity contribution in [3.63, 3.8) is 0 Å². The van der Waals surface area contributed by atoms with E-state index in [1.807, 2.05) is 0 Å². The second kappa shape index (κ2) is 10.1. The Morgan fingerprint density at radius 2 is 1.59 bits per heavy atom. The zero-order valence-electron chi connectivity index (χ0n) is 18.3. The number of piperidine rings is 1. The van der Waals surface area contributed by atoms with E-state index in [4.69, 9.17) is 4.74 Å². The van der Waals surface area contributed by atoms with Gasteiger partial charge in [-0.3, -0.25) is 9.59 Å². The highest BCUT2D eigenvalue weighted by Crippen LogP contribution is 2.26. The molecule has 12 heteroatoms. The van der Waals surface area contributed by atoms with Crippen molar-refractivity contribution in [3.05, 3.63) is 59.2 Å². The van der Waals surface area contributed by atoms with E-state index in [0.717, 1.165) is 22.5 Å². The van der Waals surface area contributed by atoms with Gasteiger partial charge in [-0.05, 0) is 31.0 Å². The molecule has 1 saturated heterocycles. The van der Waals surface area contributed by atoms with E-state index >= 15 is 0 Å². The molecular weight excluding hydrogens is 480 g/mol. The second-order valence-electron chi connectivity index (χ2n) is 8.05. The Kier molecular flexibility index (Phi) is 7.61. The maximum Gasteiger partial charge on any atom is 0.308 e. The zero-order valence-corrected chi connectivity index (χ0v) is 19.1. The summed E-state index contributed by atoms with van der Waals surface area (Å²) < 4.78 is 86.7. The van der Waals surface area contributed by atoms with Gasteiger partial charge in [0.05, 0.1) is 5.92 Å². The van der Waals surface area contributed by atoms with E-state index in [1.54, 1.807) is 13.8 Å². The van der Waals surface area contributed by atoms with Crippen LogP contribution in [0.3, 0.4) is 0 Å². The number of carbonyl (C=O) groups excluding carboxylic acids is 2. The molecule has 1 aliphatic heterocycles. The number of rotatable bonds is 6. The third kappa shape index (κ3) is 5.55. The van der Waals surface area contributed by atoms with Crippen LogP contribution in [0.15, 0.2) is 35.2 Å². The van der Waals surface area contributed by atoms with Gasteiger partial charge in [0.25, 0.3) is 5.91 Å². The molecule has 0 unspecified atom stereocenters. The summed E-state index contributed by atoms with van der Waals surface area (Å²) in [5.41, 5.74) is -0.709. The molecule has 1 amide bonds. The van der Waals surface area contributed by atoms with Crippen LogP contribution in [0.4, 0.5) is 23.2 Å². The van der Waals surface area contributed by atoms with E-state index in [0.29, 0.717) is 12.1 Å². The molecule has 0 radical (unpaired) electrons. The Bertz CT molecular complexity index is 1190. The number of anilines is 1. The number of halogens is 4. The van der Waals surface area contributed by atoms with Gasteiger partial charge >= 0.3 is 5.97 Å². The van der Waals surface area contributed by atoms with Gasteiger partial charge in [-0.1, -0.05) is 13.8 Å². The summed E-state index contributed by atoms with van der Waals surface area (Å²) >= 11 is 0. The first-order chi connectivity index (χ1) is 15.9. The van der Waals surface area contributed by atoms with Crippen molar-refractivity contribution in [1.82, 2.24) is 4.31 Å². The molecule has 34 heavy (non-hydrogen) atoms. The summed E-state index contributed by atoms with van der Waals surface area (Å²) in [6, 6.07) is 3.69. The van der Waals surface area contributed by atoms with Gasteiger partial charge in [-0.15, -0.1) is 0 Å². The van der Waals surface area contributed by atoms with Crippen molar-refractivity contribution >= 4 is 27.6 Å². The standard InChI is InChI=1S/C22H22F4N2O5S/c1-12(2)22(30)33-15-5-7-28(8-6-15)34(31,32)19-9-13(3-4-16(19)23)21(29)27-14-10-17(24)20(26)18(25)11-14/h3-4,9-12,15H,5-8H2,1-2H3,(H,27,29). The number of nitrogens with zero attached hydrogens (tertiary/aromatic N) is 1. The number of amides is 1. The smallest absolute Gasteiger partial charge is 0.308 e. The summed E-state index contributed by atoms with van der Waals surface area (Å²) in [4.78, 5) is 23.4. The second-order valence-corrected chi connectivity index (χ2v) is 9.95. The fourth-order valence-electron chi connectivity index (χ4n) is 3.30. The van der Waals surface area contributed by atoms with Crippen molar-refractivity contribution < 1.29 is 40.3 Å². The van der Waals surface area contributed by atoms with Crippen LogP contribution in [0.5, 0.6) is 0 Å². The number of esters is 1. The highest BCUT2D eigenvalue weighted by atomic mass is 32.2.